The van der Waals surface area contributed by atoms with Gasteiger partial charge in [-0.05, 0) is 30.2 Å². The molecule has 3 nitrogen and oxygen atoms in total. The largest absolute Gasteiger partial charge is 0.508 e. The molecule has 0 bridgehead atoms. The fourth-order valence-corrected chi connectivity index (χ4v) is 2.38. The van der Waals surface area contributed by atoms with Crippen LogP contribution in [0.15, 0.2) is 53.7 Å². The summed E-state index contributed by atoms with van der Waals surface area (Å²) < 4.78 is 0. The van der Waals surface area contributed by atoms with E-state index in [9.17, 15) is 5.11 Å². The summed E-state index contributed by atoms with van der Waals surface area (Å²) in [6.07, 6.45) is 1.51. The standard InChI is InChI=1S/C17H17NO2/c1-12-5-7-13(8-6-12)9-15-11-17(20-18-15)14-3-2-4-16(19)10-14/h2-8,10,17,19H,9,11H2,1H3. The molecule has 102 valence electrons. The molecule has 0 radical (unpaired) electrons. The first-order valence-corrected chi connectivity index (χ1v) is 6.77. The number of oxime groups is 1. The molecular weight excluding hydrogens is 250 g/mol. The molecule has 0 saturated carbocycles. The molecule has 0 amide bonds. The van der Waals surface area contributed by atoms with E-state index in [1.54, 1.807) is 12.1 Å². The Morgan fingerprint density at radius 2 is 2.00 bits per heavy atom. The second-order valence-electron chi connectivity index (χ2n) is 5.21. The van der Waals surface area contributed by atoms with Crippen molar-refractivity contribution in [2.24, 2.45) is 5.16 Å². The third kappa shape index (κ3) is 2.82. The SMILES string of the molecule is Cc1ccc(CC2=NOC(c3cccc(O)c3)C2)cc1. The smallest absolute Gasteiger partial charge is 0.158 e. The summed E-state index contributed by atoms with van der Waals surface area (Å²) >= 11 is 0. The van der Waals surface area contributed by atoms with Crippen LogP contribution >= 0.6 is 0 Å². The number of rotatable bonds is 3. The maximum atomic E-state index is 9.51. The number of aromatic hydroxyl groups is 1. The van der Waals surface area contributed by atoms with E-state index in [1.165, 1.54) is 11.1 Å². The summed E-state index contributed by atoms with van der Waals surface area (Å²) in [5, 5.41) is 13.7. The third-order valence-electron chi connectivity index (χ3n) is 3.50. The van der Waals surface area contributed by atoms with Gasteiger partial charge in [0.2, 0.25) is 0 Å². The molecule has 1 heterocycles. The minimum atomic E-state index is -0.0810. The molecule has 0 fully saturated rings. The Hall–Kier alpha value is -2.29. The van der Waals surface area contributed by atoms with Gasteiger partial charge in [-0.25, -0.2) is 0 Å². The summed E-state index contributed by atoms with van der Waals surface area (Å²) in [6.45, 7) is 2.08. The number of benzene rings is 2. The van der Waals surface area contributed by atoms with E-state index < -0.39 is 0 Å². The van der Waals surface area contributed by atoms with Crippen LogP contribution < -0.4 is 0 Å². The first kappa shape index (κ1) is 12.7. The fourth-order valence-electron chi connectivity index (χ4n) is 2.38. The van der Waals surface area contributed by atoms with Crippen LogP contribution in [-0.4, -0.2) is 10.8 Å². The lowest BCUT2D eigenvalue weighted by Gasteiger charge is -2.08. The van der Waals surface area contributed by atoms with Gasteiger partial charge < -0.3 is 9.94 Å². The predicted octanol–water partition coefficient (Wildman–Crippen LogP) is 3.76. The molecule has 0 aromatic heterocycles. The number of hydrogen-bond donors (Lipinski definition) is 1. The normalized spacial score (nSPS) is 17.6. The van der Waals surface area contributed by atoms with Crippen molar-refractivity contribution < 1.29 is 9.94 Å². The third-order valence-corrected chi connectivity index (χ3v) is 3.50. The highest BCUT2D eigenvalue weighted by Crippen LogP contribution is 2.29. The Morgan fingerprint density at radius 3 is 2.75 bits per heavy atom. The predicted molar refractivity (Wildman–Crippen MR) is 78.9 cm³/mol. The highest BCUT2D eigenvalue weighted by Gasteiger charge is 2.23. The van der Waals surface area contributed by atoms with Gasteiger partial charge in [0.25, 0.3) is 0 Å². The second-order valence-corrected chi connectivity index (χ2v) is 5.21. The lowest BCUT2D eigenvalue weighted by molar-refractivity contribution is 0.0855. The highest BCUT2D eigenvalue weighted by molar-refractivity contribution is 5.87. The van der Waals surface area contributed by atoms with Crippen LogP contribution in [0, 0.1) is 6.92 Å². The average Bonchev–Trinajstić information content (AvgIpc) is 2.90. The van der Waals surface area contributed by atoms with Crippen molar-refractivity contribution in [1.82, 2.24) is 0 Å². The van der Waals surface area contributed by atoms with E-state index in [4.69, 9.17) is 4.84 Å². The Morgan fingerprint density at radius 1 is 1.20 bits per heavy atom. The van der Waals surface area contributed by atoms with Crippen molar-refractivity contribution in [2.45, 2.75) is 25.9 Å². The van der Waals surface area contributed by atoms with Gasteiger partial charge in [0.05, 0.1) is 5.71 Å². The van der Waals surface area contributed by atoms with Crippen LogP contribution in [0.5, 0.6) is 5.75 Å². The molecule has 2 aromatic rings. The molecule has 20 heavy (non-hydrogen) atoms. The summed E-state index contributed by atoms with van der Waals surface area (Å²) in [7, 11) is 0. The Balaban J connectivity index is 1.66. The molecular formula is C17H17NO2. The molecule has 3 heteroatoms. The number of hydrogen-bond acceptors (Lipinski definition) is 3. The minimum absolute atomic E-state index is 0.0810. The zero-order valence-electron chi connectivity index (χ0n) is 11.4. The van der Waals surface area contributed by atoms with Crippen LogP contribution in [0.4, 0.5) is 0 Å². The molecule has 1 unspecified atom stereocenters. The first-order valence-electron chi connectivity index (χ1n) is 6.77. The van der Waals surface area contributed by atoms with Crippen molar-refractivity contribution in [1.29, 1.82) is 0 Å². The van der Waals surface area contributed by atoms with Crippen LogP contribution in [-0.2, 0) is 11.3 Å². The Labute approximate surface area is 118 Å². The van der Waals surface area contributed by atoms with Crippen LogP contribution in [0.1, 0.15) is 29.2 Å². The minimum Gasteiger partial charge on any atom is -0.508 e. The highest BCUT2D eigenvalue weighted by atomic mass is 16.6. The average molecular weight is 267 g/mol. The van der Waals surface area contributed by atoms with E-state index in [1.807, 2.05) is 12.1 Å². The first-order chi connectivity index (χ1) is 9.70. The lowest BCUT2D eigenvalue weighted by atomic mass is 10.00. The van der Waals surface area contributed by atoms with Crippen LogP contribution in [0.25, 0.3) is 0 Å². The molecule has 1 N–H and O–H groups in total. The van der Waals surface area contributed by atoms with Crippen LogP contribution in [0.2, 0.25) is 0 Å². The molecule has 0 saturated heterocycles. The molecule has 1 aliphatic rings. The van der Waals surface area contributed by atoms with Gasteiger partial charge in [-0.1, -0.05) is 47.1 Å². The number of phenols is 1. The van der Waals surface area contributed by atoms with Gasteiger partial charge >= 0.3 is 0 Å². The molecule has 0 spiro atoms. The topological polar surface area (TPSA) is 41.8 Å². The monoisotopic (exact) mass is 267 g/mol. The zero-order valence-corrected chi connectivity index (χ0v) is 11.4. The Kier molecular flexibility index (Phi) is 3.42. The zero-order chi connectivity index (χ0) is 13.9. The van der Waals surface area contributed by atoms with E-state index >= 15 is 0 Å². The summed E-state index contributed by atoms with van der Waals surface area (Å²) in [6, 6.07) is 15.6. The van der Waals surface area contributed by atoms with Gasteiger partial charge in [0.15, 0.2) is 6.10 Å². The molecule has 1 atom stereocenters. The van der Waals surface area contributed by atoms with Crippen LogP contribution in [0.3, 0.4) is 0 Å². The fraction of sp³-hybridized carbons (Fsp3) is 0.235. The van der Waals surface area contributed by atoms with Crippen molar-refractivity contribution in [3.05, 3.63) is 65.2 Å². The van der Waals surface area contributed by atoms with E-state index in [-0.39, 0.29) is 11.9 Å². The summed E-state index contributed by atoms with van der Waals surface area (Å²) in [4.78, 5) is 5.48. The molecule has 0 aliphatic carbocycles. The van der Waals surface area contributed by atoms with Crippen molar-refractivity contribution in [3.8, 4) is 5.75 Å². The number of phenolic OH excluding ortho intramolecular Hbond substituents is 1. The maximum absolute atomic E-state index is 9.51. The van der Waals surface area contributed by atoms with E-state index in [0.717, 1.165) is 24.1 Å². The molecule has 3 rings (SSSR count). The second kappa shape index (κ2) is 5.37. The van der Waals surface area contributed by atoms with Crippen molar-refractivity contribution in [2.75, 3.05) is 0 Å². The quantitative estimate of drug-likeness (QED) is 0.920. The maximum Gasteiger partial charge on any atom is 0.158 e. The Bertz CT molecular complexity index is 632. The van der Waals surface area contributed by atoms with Gasteiger partial charge in [0, 0.05) is 12.8 Å². The lowest BCUT2D eigenvalue weighted by Crippen LogP contribution is -2.03. The summed E-state index contributed by atoms with van der Waals surface area (Å²) in [5.41, 5.74) is 4.51. The number of aryl methyl sites for hydroxylation is 1. The van der Waals surface area contributed by atoms with Gasteiger partial charge in [-0.15, -0.1) is 0 Å². The van der Waals surface area contributed by atoms with Gasteiger partial charge in [0.1, 0.15) is 5.75 Å². The van der Waals surface area contributed by atoms with E-state index in [0.29, 0.717) is 0 Å². The number of nitrogens with zero attached hydrogens (tertiary/aromatic N) is 1. The molecule has 2 aromatic carbocycles. The van der Waals surface area contributed by atoms with Gasteiger partial charge in [-0.3, -0.25) is 0 Å². The van der Waals surface area contributed by atoms with Crippen molar-refractivity contribution in [3.63, 3.8) is 0 Å². The van der Waals surface area contributed by atoms with Gasteiger partial charge in [-0.2, -0.15) is 0 Å². The van der Waals surface area contributed by atoms with Crippen molar-refractivity contribution >= 4 is 5.71 Å². The van der Waals surface area contributed by atoms with E-state index in [2.05, 4.69) is 36.3 Å². The molecule has 1 aliphatic heterocycles. The summed E-state index contributed by atoms with van der Waals surface area (Å²) in [5.74, 6) is 0.262.